The van der Waals surface area contributed by atoms with E-state index in [0.717, 1.165) is 16.1 Å². The third kappa shape index (κ3) is 23.9. The topological polar surface area (TPSA) is 296 Å². The van der Waals surface area contributed by atoms with Gasteiger partial charge in [-0.05, 0) is 153 Å². The molecule has 20 nitrogen and oxygen atoms in total. The summed E-state index contributed by atoms with van der Waals surface area (Å²) in [4.78, 5) is 81.4. The summed E-state index contributed by atoms with van der Waals surface area (Å²) >= 11 is 3.23. The van der Waals surface area contributed by atoms with Gasteiger partial charge in [-0.2, -0.15) is 0 Å². The van der Waals surface area contributed by atoms with Crippen molar-refractivity contribution in [2.24, 2.45) is 0 Å². The van der Waals surface area contributed by atoms with Crippen LogP contribution in [-0.2, 0) is 23.9 Å². The van der Waals surface area contributed by atoms with Gasteiger partial charge in [-0.15, -0.1) is 0 Å². The summed E-state index contributed by atoms with van der Waals surface area (Å²) < 4.78 is 21.3. The van der Waals surface area contributed by atoms with Crippen LogP contribution in [0.5, 0.6) is 11.5 Å². The van der Waals surface area contributed by atoms with Crippen LogP contribution in [0.3, 0.4) is 0 Å². The lowest BCUT2D eigenvalue weighted by molar-refractivity contribution is -0.149. The summed E-state index contributed by atoms with van der Waals surface area (Å²) in [6, 6.07) is 16.8. The van der Waals surface area contributed by atoms with E-state index in [2.05, 4.69) is 56.5 Å². The van der Waals surface area contributed by atoms with Crippen LogP contribution in [0.2, 0.25) is 0 Å². The van der Waals surface area contributed by atoms with E-state index < -0.39 is 23.1 Å². The number of carboxylic acid groups (broad SMARTS) is 1. The Labute approximate surface area is 424 Å². The van der Waals surface area contributed by atoms with Crippen LogP contribution in [-0.4, -0.2) is 90.2 Å². The number of nitrogen functional groups attached to an aromatic ring is 2. The molecule has 21 heteroatoms. The molecule has 2 amide bonds. The molecular formula is C51H55BrN10O10. The van der Waals surface area contributed by atoms with E-state index in [-0.39, 0.29) is 17.8 Å². The monoisotopic (exact) mass is 1050 g/mol. The minimum atomic E-state index is -1.04. The lowest BCUT2D eigenvalue weighted by Crippen LogP contribution is -2.22. The third-order valence-corrected chi connectivity index (χ3v) is 8.56. The maximum absolute atomic E-state index is 12.2. The highest BCUT2D eigenvalue weighted by molar-refractivity contribution is 9.10. The zero-order valence-electron chi connectivity index (χ0n) is 40.7. The van der Waals surface area contributed by atoms with E-state index in [0.29, 0.717) is 57.0 Å². The summed E-state index contributed by atoms with van der Waals surface area (Å²) in [7, 11) is 2.99. The summed E-state index contributed by atoms with van der Waals surface area (Å²) in [5.41, 5.74) is 12.6. The first-order valence-electron chi connectivity index (χ1n) is 21.4. The molecule has 0 atom stereocenters. The number of pyridine rings is 6. The number of nitrogens with zero attached hydrogens (tertiary/aromatic N) is 6. The zero-order chi connectivity index (χ0) is 53.3. The van der Waals surface area contributed by atoms with E-state index in [1.165, 1.54) is 63.4 Å². The molecule has 6 heterocycles. The van der Waals surface area contributed by atoms with Gasteiger partial charge in [0.2, 0.25) is 0 Å². The van der Waals surface area contributed by atoms with E-state index >= 15 is 0 Å². The van der Waals surface area contributed by atoms with Crippen LogP contribution in [0.15, 0.2) is 133 Å². The number of anilines is 4. The van der Waals surface area contributed by atoms with E-state index in [1.807, 2.05) is 26.8 Å². The Morgan fingerprint density at radius 2 is 0.931 bits per heavy atom. The highest BCUT2D eigenvalue weighted by Gasteiger charge is 2.15. The number of rotatable bonds is 12. The van der Waals surface area contributed by atoms with Gasteiger partial charge in [-0.25, -0.2) is 34.3 Å². The Balaban J connectivity index is 0.000000270. The predicted octanol–water partition coefficient (Wildman–Crippen LogP) is 8.37. The SMILES string of the molecule is CC(C)(C)OC(=O)/C=C/c1ccc(N)nc1.COc1cncc(C(=O)Nc2ccc(/C=C/C(=O)O)cn2)c1.COc1cncc(C(=O)Nc2ccc(/C=C/C(=O)OC(C)(C)C)cn2)c1.Nc1ccc(Br)cn1. The molecule has 72 heavy (non-hydrogen) atoms. The van der Waals surface area contributed by atoms with E-state index in [4.69, 9.17) is 35.5 Å². The number of methoxy groups -OCH3 is 2. The second-order valence-electron chi connectivity index (χ2n) is 16.4. The molecule has 6 aromatic heterocycles. The number of halogens is 1. The maximum Gasteiger partial charge on any atom is 0.331 e. The van der Waals surface area contributed by atoms with Gasteiger partial charge >= 0.3 is 17.9 Å². The molecule has 0 aromatic carbocycles. The molecule has 0 aliphatic heterocycles. The smallest absolute Gasteiger partial charge is 0.331 e. The van der Waals surface area contributed by atoms with Crippen molar-refractivity contribution in [3.8, 4) is 11.5 Å². The number of carbonyl (C=O) groups is 5. The molecule has 0 bridgehead atoms. The summed E-state index contributed by atoms with van der Waals surface area (Å²) in [6.07, 6.45) is 20.5. The number of aromatic nitrogens is 6. The van der Waals surface area contributed by atoms with Crippen molar-refractivity contribution < 1.29 is 48.0 Å². The van der Waals surface area contributed by atoms with Gasteiger partial charge in [0.25, 0.3) is 11.8 Å². The molecule has 6 rings (SSSR count). The largest absolute Gasteiger partial charge is 0.495 e. The molecule has 0 saturated carbocycles. The number of esters is 2. The van der Waals surface area contributed by atoms with Gasteiger partial charge in [0.1, 0.15) is 46.0 Å². The van der Waals surface area contributed by atoms with Gasteiger partial charge in [0, 0.05) is 59.9 Å². The third-order valence-electron chi connectivity index (χ3n) is 8.09. The fourth-order valence-electron chi connectivity index (χ4n) is 4.91. The van der Waals surface area contributed by atoms with Gasteiger partial charge < -0.3 is 46.2 Å². The lowest BCUT2D eigenvalue weighted by atomic mass is 10.2. The van der Waals surface area contributed by atoms with Gasteiger partial charge in [-0.3, -0.25) is 19.6 Å². The Hall–Kier alpha value is -8.85. The fourth-order valence-corrected chi connectivity index (χ4v) is 5.15. The number of carbonyl (C=O) groups excluding carboxylic acids is 4. The molecule has 0 unspecified atom stereocenters. The van der Waals surface area contributed by atoms with E-state index in [9.17, 15) is 24.0 Å². The van der Waals surface area contributed by atoms with Crippen molar-refractivity contribution in [1.29, 1.82) is 0 Å². The van der Waals surface area contributed by atoms with Gasteiger partial charge in [-0.1, -0.05) is 0 Å². The zero-order valence-corrected chi connectivity index (χ0v) is 42.3. The van der Waals surface area contributed by atoms with Crippen LogP contribution in [0.1, 0.15) is 78.9 Å². The van der Waals surface area contributed by atoms with Crippen molar-refractivity contribution in [2.45, 2.75) is 52.7 Å². The highest BCUT2D eigenvalue weighted by atomic mass is 79.9. The standard InChI is InChI=1S/C19H21N3O4.C15H13N3O4.C12H16N2O2.C5H5BrN2/c1-19(2,3)26-17(23)8-6-13-5-7-16(21-10-13)22-18(24)14-9-15(25-4)12-20-11-14;1-22-12-6-11(8-16-9-12)15(21)18-13-4-2-10(7-17-13)3-5-14(19)20;1-12(2,3)16-11(15)7-5-9-4-6-10(13)14-8-9;6-4-1-2-5(7)8-3-4/h5-12H,1-4H3,(H,21,22,24);2-9H,1H3,(H,19,20)(H,17,18,21);4-8H,1-3H3,(H2,13,14);1-3H,(H2,7,8)/b8-6+;5-3+;7-5+;. The highest BCUT2D eigenvalue weighted by Crippen LogP contribution is 2.16. The molecule has 0 aliphatic carbocycles. The molecule has 0 fully saturated rings. The van der Waals surface area contributed by atoms with Gasteiger partial charge in [0.05, 0.1) is 37.7 Å². The maximum atomic E-state index is 12.2. The number of amides is 2. The number of ether oxygens (including phenoxy) is 4. The number of aliphatic carboxylic acids is 1. The molecule has 0 saturated heterocycles. The number of hydrogen-bond acceptors (Lipinski definition) is 17. The number of nitrogens with two attached hydrogens (primary N) is 2. The molecule has 376 valence electrons. The molecule has 6 aromatic rings. The molecule has 0 spiro atoms. The Bertz CT molecular complexity index is 2790. The van der Waals surface area contributed by atoms with Crippen LogP contribution in [0.4, 0.5) is 23.3 Å². The number of nitrogens with one attached hydrogen (secondary N) is 2. The van der Waals surface area contributed by atoms with Gasteiger partial charge in [0.15, 0.2) is 0 Å². The molecule has 0 aliphatic rings. The van der Waals surface area contributed by atoms with Crippen molar-refractivity contribution in [1.82, 2.24) is 29.9 Å². The predicted molar refractivity (Wildman–Crippen MR) is 277 cm³/mol. The van der Waals surface area contributed by atoms with Crippen molar-refractivity contribution in [2.75, 3.05) is 36.3 Å². The van der Waals surface area contributed by atoms with Crippen LogP contribution in [0, 0.1) is 0 Å². The van der Waals surface area contributed by atoms with Crippen LogP contribution < -0.4 is 31.6 Å². The number of carboxylic acids is 1. The first kappa shape index (κ1) is 57.5. The quantitative estimate of drug-likeness (QED) is 0.0568. The van der Waals surface area contributed by atoms with Crippen molar-refractivity contribution >= 4 is 87.2 Å². The first-order valence-corrected chi connectivity index (χ1v) is 22.1. The fraction of sp³-hybridized carbons (Fsp3) is 0.196. The second kappa shape index (κ2) is 28.6. The second-order valence-corrected chi connectivity index (χ2v) is 17.3. The average Bonchev–Trinajstić information content (AvgIpc) is 3.34. The summed E-state index contributed by atoms with van der Waals surface area (Å²) in [6.45, 7) is 10.9. The Morgan fingerprint density at radius 3 is 1.25 bits per heavy atom. The summed E-state index contributed by atoms with van der Waals surface area (Å²) in [5.74, 6) is 0.152. The van der Waals surface area contributed by atoms with Crippen molar-refractivity contribution in [3.05, 3.63) is 161 Å². The Kier molecular flexibility index (Phi) is 22.8. The lowest BCUT2D eigenvalue weighted by Gasteiger charge is -2.17. The average molecular weight is 1050 g/mol. The number of hydrogen-bond donors (Lipinski definition) is 5. The first-order chi connectivity index (χ1) is 34.0. The van der Waals surface area contributed by atoms with Crippen LogP contribution in [0.25, 0.3) is 18.2 Å². The molecular weight excluding hydrogens is 993 g/mol. The molecule has 7 N–H and O–H groups in total. The molecule has 0 radical (unpaired) electrons. The Morgan fingerprint density at radius 1 is 0.542 bits per heavy atom. The van der Waals surface area contributed by atoms with Crippen molar-refractivity contribution in [3.63, 3.8) is 0 Å². The van der Waals surface area contributed by atoms with E-state index in [1.54, 1.807) is 106 Å². The minimum Gasteiger partial charge on any atom is -0.495 e. The minimum absolute atomic E-state index is 0.344. The normalized spacial score (nSPS) is 10.8. The van der Waals surface area contributed by atoms with Crippen LogP contribution >= 0.6 is 15.9 Å². The summed E-state index contributed by atoms with van der Waals surface area (Å²) in [5, 5.41) is 13.8.